The fraction of sp³-hybridized carbons (Fsp3) is 0.167. The van der Waals surface area contributed by atoms with Crippen LogP contribution in [0.3, 0.4) is 0 Å². The fourth-order valence-corrected chi connectivity index (χ4v) is 2.22. The van der Waals surface area contributed by atoms with E-state index in [-0.39, 0.29) is 24.2 Å². The number of ether oxygens (including phenoxy) is 1. The van der Waals surface area contributed by atoms with E-state index < -0.39 is 23.9 Å². The molecule has 1 aliphatic rings. The number of amides is 2. The lowest BCUT2D eigenvalue weighted by molar-refractivity contribution is -0.193. The first-order chi connectivity index (χ1) is 15.2. The van der Waals surface area contributed by atoms with Gasteiger partial charge in [-0.05, 0) is 24.3 Å². The van der Waals surface area contributed by atoms with E-state index in [1.807, 2.05) is 0 Å². The van der Waals surface area contributed by atoms with Crippen molar-refractivity contribution in [1.82, 2.24) is 4.98 Å². The maximum absolute atomic E-state index is 12.1. The molecule has 1 aliphatic heterocycles. The molecule has 0 saturated carbocycles. The van der Waals surface area contributed by atoms with Crippen molar-refractivity contribution in [2.45, 2.75) is 12.4 Å². The summed E-state index contributed by atoms with van der Waals surface area (Å²) >= 11 is 0. The monoisotopic (exact) mass is 478 g/mol. The summed E-state index contributed by atoms with van der Waals surface area (Å²) in [7, 11) is 0. The summed E-state index contributed by atoms with van der Waals surface area (Å²) < 4.78 is 72.2. The van der Waals surface area contributed by atoms with Gasteiger partial charge in [0.2, 0.25) is 0 Å². The van der Waals surface area contributed by atoms with Gasteiger partial charge in [-0.2, -0.15) is 26.3 Å². The maximum atomic E-state index is 12.1. The molecule has 15 heteroatoms. The van der Waals surface area contributed by atoms with Gasteiger partial charge in [-0.3, -0.25) is 19.2 Å². The number of anilines is 3. The Morgan fingerprint density at radius 3 is 2.18 bits per heavy atom. The van der Waals surface area contributed by atoms with Crippen LogP contribution in [0.1, 0.15) is 10.4 Å². The van der Waals surface area contributed by atoms with E-state index in [1.54, 1.807) is 30.3 Å². The van der Waals surface area contributed by atoms with Gasteiger partial charge in [-0.1, -0.05) is 0 Å². The molecule has 2 heterocycles. The fourth-order valence-electron chi connectivity index (χ4n) is 2.22. The first kappa shape index (κ1) is 25.1. The van der Waals surface area contributed by atoms with Crippen LogP contribution in [0.4, 0.5) is 43.5 Å². The third-order valence-electron chi connectivity index (χ3n) is 3.68. The predicted octanol–water partition coefficient (Wildman–Crippen LogP) is 2.50. The highest BCUT2D eigenvalue weighted by atomic mass is 19.4. The Morgan fingerprint density at radius 2 is 1.64 bits per heavy atom. The molecule has 0 atom stereocenters. The molecular weight excluding hydrogens is 466 g/mol. The molecule has 0 unspecified atom stereocenters. The van der Waals surface area contributed by atoms with E-state index in [0.717, 1.165) is 0 Å². The number of nitrogens with two attached hydrogens (primary N) is 1. The Bertz CT molecular complexity index is 1080. The topological polar surface area (TPSA) is 140 Å². The molecule has 0 saturated heterocycles. The zero-order valence-corrected chi connectivity index (χ0v) is 16.0. The van der Waals surface area contributed by atoms with E-state index in [0.29, 0.717) is 22.7 Å². The van der Waals surface area contributed by atoms with Gasteiger partial charge < -0.3 is 21.1 Å². The average Bonchev–Trinajstić information content (AvgIpc) is 2.72. The van der Waals surface area contributed by atoms with Crippen LogP contribution in [0.5, 0.6) is 5.75 Å². The summed E-state index contributed by atoms with van der Waals surface area (Å²) in [5.41, 5.74) is 7.07. The number of hydrogen-bond donors (Lipinski definition) is 3. The molecule has 0 spiro atoms. The van der Waals surface area contributed by atoms with Crippen molar-refractivity contribution in [3.63, 3.8) is 0 Å². The minimum absolute atomic E-state index is 0.0417. The molecular formula is C18H12F6N4O5. The number of fused-ring (bicyclic) bond motifs is 1. The number of carbonyl (C=O) groups is 4. The molecule has 1 aromatic carbocycles. The van der Waals surface area contributed by atoms with Crippen LogP contribution >= 0.6 is 0 Å². The lowest BCUT2D eigenvalue weighted by Gasteiger charge is -2.18. The van der Waals surface area contributed by atoms with E-state index in [2.05, 4.69) is 15.6 Å². The van der Waals surface area contributed by atoms with Crippen molar-refractivity contribution >= 4 is 40.6 Å². The number of aromatic nitrogens is 1. The van der Waals surface area contributed by atoms with Crippen molar-refractivity contribution < 1.29 is 50.3 Å². The quantitative estimate of drug-likeness (QED) is 0.455. The van der Waals surface area contributed by atoms with Gasteiger partial charge in [-0.25, -0.2) is 4.98 Å². The summed E-state index contributed by atoms with van der Waals surface area (Å²) in [5.74, 6) is -6.71. The highest BCUT2D eigenvalue weighted by Gasteiger charge is 2.54. The number of pyridine rings is 1. The van der Waals surface area contributed by atoms with Gasteiger partial charge >= 0.3 is 23.9 Å². The summed E-state index contributed by atoms with van der Waals surface area (Å²) in [6, 6.07) is 8.19. The number of nitrogen functional groups attached to an aromatic ring is 1. The minimum atomic E-state index is -5.77. The molecule has 0 radical (unpaired) electrons. The third kappa shape index (κ3) is 6.65. The largest absolute Gasteiger partial charge is 0.482 e. The molecule has 0 fully saturated rings. The van der Waals surface area contributed by atoms with Crippen LogP contribution in [0.15, 0.2) is 36.5 Å². The number of carbonyl (C=O) groups excluding carboxylic acids is 4. The van der Waals surface area contributed by atoms with Crippen LogP contribution in [-0.4, -0.2) is 47.3 Å². The van der Waals surface area contributed by atoms with Gasteiger partial charge in [0.25, 0.3) is 11.8 Å². The second-order valence-electron chi connectivity index (χ2n) is 6.09. The number of nitrogens with one attached hydrogen (secondary N) is 2. The van der Waals surface area contributed by atoms with Crippen LogP contribution < -0.4 is 21.1 Å². The SMILES string of the molecule is Nc1ncccc1C(=O)Nc1ccc2c(c1)OCC(=O)N2.O=C(C(=O)C(F)(F)F)C(F)(F)F. The molecule has 2 aromatic rings. The Morgan fingerprint density at radius 1 is 1.03 bits per heavy atom. The van der Waals surface area contributed by atoms with Crippen molar-refractivity contribution in [2.75, 3.05) is 23.0 Å². The van der Waals surface area contributed by atoms with Crippen molar-refractivity contribution in [2.24, 2.45) is 0 Å². The third-order valence-corrected chi connectivity index (χ3v) is 3.68. The number of halogens is 6. The number of Topliss-reactive ketones (excluding diaryl/α,β-unsaturated/α-hetero) is 2. The number of hydrogen-bond acceptors (Lipinski definition) is 7. The number of alkyl halides is 6. The highest BCUT2D eigenvalue weighted by Crippen LogP contribution is 2.30. The first-order valence-electron chi connectivity index (χ1n) is 8.51. The standard InChI is InChI=1S/C14H12N4O3.C4F6O2/c15-13-9(2-1-5-16-13)14(20)17-8-3-4-10-11(6-8)21-7-12(19)18-10;5-3(6,7)1(11)2(12)4(8,9)10/h1-6H,7H2,(H2,15,16)(H,17,20)(H,18,19);. The predicted molar refractivity (Wildman–Crippen MR) is 99.3 cm³/mol. The molecule has 2 amide bonds. The molecule has 33 heavy (non-hydrogen) atoms. The first-order valence-corrected chi connectivity index (χ1v) is 8.51. The van der Waals surface area contributed by atoms with E-state index in [4.69, 9.17) is 10.5 Å². The lowest BCUT2D eigenvalue weighted by Crippen LogP contribution is -2.39. The minimum Gasteiger partial charge on any atom is -0.482 e. The summed E-state index contributed by atoms with van der Waals surface area (Å²) in [6.07, 6.45) is -10.0. The van der Waals surface area contributed by atoms with E-state index in [1.165, 1.54) is 6.20 Å². The summed E-state index contributed by atoms with van der Waals surface area (Å²) in [5, 5.41) is 5.38. The van der Waals surface area contributed by atoms with Crippen LogP contribution in [0, 0.1) is 0 Å². The maximum Gasteiger partial charge on any atom is 0.458 e. The van der Waals surface area contributed by atoms with E-state index >= 15 is 0 Å². The molecule has 0 bridgehead atoms. The zero-order valence-electron chi connectivity index (χ0n) is 16.0. The second kappa shape index (κ2) is 9.54. The Kier molecular flexibility index (Phi) is 7.25. The van der Waals surface area contributed by atoms with Crippen LogP contribution in [-0.2, 0) is 14.4 Å². The molecule has 0 aliphatic carbocycles. The van der Waals surface area contributed by atoms with Crippen LogP contribution in [0.2, 0.25) is 0 Å². The lowest BCUT2D eigenvalue weighted by atomic mass is 10.2. The molecule has 176 valence electrons. The Labute approximate surface area is 179 Å². The normalized spacial score (nSPS) is 12.8. The van der Waals surface area contributed by atoms with Crippen molar-refractivity contribution in [3.8, 4) is 5.75 Å². The van der Waals surface area contributed by atoms with E-state index in [9.17, 15) is 45.5 Å². The van der Waals surface area contributed by atoms with Crippen LogP contribution in [0.25, 0.3) is 0 Å². The van der Waals surface area contributed by atoms with Crippen molar-refractivity contribution in [1.29, 1.82) is 0 Å². The molecule has 3 rings (SSSR count). The van der Waals surface area contributed by atoms with Gasteiger partial charge in [0.1, 0.15) is 11.6 Å². The van der Waals surface area contributed by atoms with Gasteiger partial charge in [0.05, 0.1) is 11.3 Å². The number of nitrogens with zero attached hydrogens (tertiary/aromatic N) is 1. The molecule has 4 N–H and O–H groups in total. The second-order valence-corrected chi connectivity index (χ2v) is 6.09. The van der Waals surface area contributed by atoms with Crippen molar-refractivity contribution in [3.05, 3.63) is 42.1 Å². The molecule has 1 aromatic heterocycles. The summed E-state index contributed by atoms with van der Waals surface area (Å²) in [6.45, 7) is -0.0417. The van der Waals surface area contributed by atoms with Gasteiger partial charge in [-0.15, -0.1) is 0 Å². The Balaban J connectivity index is 0.000000277. The smallest absolute Gasteiger partial charge is 0.458 e. The summed E-state index contributed by atoms with van der Waals surface area (Å²) in [4.78, 5) is 46.4. The van der Waals surface area contributed by atoms with Gasteiger partial charge in [0, 0.05) is 18.0 Å². The Hall–Kier alpha value is -4.17. The zero-order chi connectivity index (χ0) is 25.0. The number of ketones is 2. The highest BCUT2D eigenvalue weighted by molar-refractivity contribution is 6.41. The average molecular weight is 478 g/mol. The van der Waals surface area contributed by atoms with Gasteiger partial charge in [0.15, 0.2) is 6.61 Å². The number of rotatable bonds is 3. The molecule has 9 nitrogen and oxygen atoms in total. The number of benzene rings is 1.